The molecule has 0 spiro atoms. The van der Waals surface area contributed by atoms with Crippen LogP contribution in [0.3, 0.4) is 0 Å². The van der Waals surface area contributed by atoms with Crippen LogP contribution in [0.1, 0.15) is 6.92 Å². The second-order valence-electron chi connectivity index (χ2n) is 2.03. The molecule has 0 aliphatic carbocycles. The van der Waals surface area contributed by atoms with E-state index in [1.54, 1.807) is 10.8 Å². The molecule has 0 fully saturated rings. The van der Waals surface area contributed by atoms with E-state index in [0.29, 0.717) is 6.54 Å². The van der Waals surface area contributed by atoms with Crippen LogP contribution in [0.5, 0.6) is 0 Å². The molecule has 4 heteroatoms. The third-order valence-corrected chi connectivity index (χ3v) is 2.17. The lowest BCUT2D eigenvalue weighted by Gasteiger charge is -2.05. The van der Waals surface area contributed by atoms with Gasteiger partial charge in [-0.05, 0) is 13.2 Å². The average molecular weight is 170 g/mol. The molecule has 1 aromatic rings. The van der Waals surface area contributed by atoms with Crippen LogP contribution in [0.2, 0.25) is 0 Å². The molecule has 11 heavy (non-hydrogen) atoms. The van der Waals surface area contributed by atoms with Crippen molar-refractivity contribution in [3.63, 3.8) is 0 Å². The van der Waals surface area contributed by atoms with E-state index in [0.717, 1.165) is 5.03 Å². The van der Waals surface area contributed by atoms with Gasteiger partial charge in [0, 0.05) is 6.54 Å². The van der Waals surface area contributed by atoms with Crippen LogP contribution in [0.15, 0.2) is 22.2 Å². The van der Waals surface area contributed by atoms with Crippen molar-refractivity contribution in [1.82, 2.24) is 9.55 Å². The average Bonchev–Trinajstić information content (AvgIpc) is 2.04. The van der Waals surface area contributed by atoms with Crippen LogP contribution < -0.4 is 5.56 Å². The van der Waals surface area contributed by atoms with Crippen LogP contribution in [0, 0.1) is 0 Å². The van der Waals surface area contributed by atoms with Gasteiger partial charge >= 0.3 is 0 Å². The lowest BCUT2D eigenvalue weighted by Crippen LogP contribution is -2.19. The fraction of sp³-hybridized carbons (Fsp3) is 0.429. The number of aromatic nitrogens is 2. The zero-order valence-corrected chi connectivity index (χ0v) is 7.39. The fourth-order valence-electron chi connectivity index (χ4n) is 0.887. The van der Waals surface area contributed by atoms with Crippen molar-refractivity contribution in [3.05, 3.63) is 22.7 Å². The molecule has 0 saturated heterocycles. The summed E-state index contributed by atoms with van der Waals surface area (Å²) < 4.78 is 1.69. The molecular weight excluding hydrogens is 160 g/mol. The lowest BCUT2D eigenvalue weighted by atomic mass is 10.6. The Labute approximate surface area is 69.5 Å². The van der Waals surface area contributed by atoms with Gasteiger partial charge in [-0.1, -0.05) is 0 Å². The summed E-state index contributed by atoms with van der Waals surface area (Å²) in [5.74, 6) is 0. The van der Waals surface area contributed by atoms with E-state index in [9.17, 15) is 4.79 Å². The Bertz CT molecular complexity index is 295. The first-order valence-corrected chi connectivity index (χ1v) is 4.61. The minimum absolute atomic E-state index is 0.0284. The normalized spacial score (nSPS) is 10.0. The molecule has 1 heterocycles. The highest BCUT2D eigenvalue weighted by molar-refractivity contribution is 7.98. The molecule has 0 aliphatic rings. The molecule has 0 N–H and O–H groups in total. The number of hydrogen-bond acceptors (Lipinski definition) is 3. The highest BCUT2D eigenvalue weighted by Gasteiger charge is 1.98. The summed E-state index contributed by atoms with van der Waals surface area (Å²) >= 11 is 1.53. The van der Waals surface area contributed by atoms with Crippen molar-refractivity contribution in [2.45, 2.75) is 18.5 Å². The van der Waals surface area contributed by atoms with Gasteiger partial charge < -0.3 is 4.57 Å². The summed E-state index contributed by atoms with van der Waals surface area (Å²) in [4.78, 5) is 14.9. The highest BCUT2D eigenvalue weighted by Crippen LogP contribution is 2.09. The molecule has 0 aromatic carbocycles. The van der Waals surface area contributed by atoms with E-state index in [4.69, 9.17) is 0 Å². The molecular formula is C7H10N2OS. The third kappa shape index (κ3) is 1.63. The maximum Gasteiger partial charge on any atom is 0.269 e. The Morgan fingerprint density at radius 3 is 2.82 bits per heavy atom. The standard InChI is InChI=1S/C7H10N2OS/c1-3-9-6(10)4-8-5-7(9)11-2/h4-5H,3H2,1-2H3. The van der Waals surface area contributed by atoms with E-state index in [1.165, 1.54) is 18.0 Å². The zero-order chi connectivity index (χ0) is 8.27. The van der Waals surface area contributed by atoms with Crippen molar-refractivity contribution in [3.8, 4) is 0 Å². The van der Waals surface area contributed by atoms with Gasteiger partial charge in [0.25, 0.3) is 5.56 Å². The van der Waals surface area contributed by atoms with Crippen LogP contribution in [0.25, 0.3) is 0 Å². The van der Waals surface area contributed by atoms with Crippen LogP contribution >= 0.6 is 11.8 Å². The Morgan fingerprint density at radius 2 is 2.36 bits per heavy atom. The van der Waals surface area contributed by atoms with Gasteiger partial charge in [-0.2, -0.15) is 0 Å². The Balaban J connectivity index is 3.24. The Kier molecular flexibility index (Phi) is 2.70. The van der Waals surface area contributed by atoms with Crippen molar-refractivity contribution >= 4 is 11.8 Å². The molecule has 0 aliphatic heterocycles. The highest BCUT2D eigenvalue weighted by atomic mass is 32.2. The van der Waals surface area contributed by atoms with Crippen LogP contribution in [0.4, 0.5) is 0 Å². The molecule has 0 saturated carbocycles. The second-order valence-corrected chi connectivity index (χ2v) is 2.86. The first kappa shape index (κ1) is 8.33. The van der Waals surface area contributed by atoms with Gasteiger partial charge in [0.15, 0.2) is 0 Å². The van der Waals surface area contributed by atoms with Gasteiger partial charge in [0.2, 0.25) is 0 Å². The largest absolute Gasteiger partial charge is 0.301 e. The molecule has 0 bridgehead atoms. The smallest absolute Gasteiger partial charge is 0.269 e. The summed E-state index contributed by atoms with van der Waals surface area (Å²) in [6.07, 6.45) is 4.97. The third-order valence-electron chi connectivity index (χ3n) is 1.43. The summed E-state index contributed by atoms with van der Waals surface area (Å²) in [6.45, 7) is 2.65. The summed E-state index contributed by atoms with van der Waals surface area (Å²) in [6, 6.07) is 0. The van der Waals surface area contributed by atoms with Gasteiger partial charge in [0.1, 0.15) is 0 Å². The van der Waals surface area contributed by atoms with Crippen molar-refractivity contribution < 1.29 is 0 Å². The maximum absolute atomic E-state index is 11.1. The molecule has 0 unspecified atom stereocenters. The summed E-state index contributed by atoms with van der Waals surface area (Å²) in [5.41, 5.74) is -0.0284. The number of hydrogen-bond donors (Lipinski definition) is 0. The lowest BCUT2D eigenvalue weighted by molar-refractivity contribution is 0.648. The SMILES string of the molecule is CCn1c(SC)cncc1=O. The van der Waals surface area contributed by atoms with Crippen LogP contribution in [-0.2, 0) is 6.54 Å². The molecule has 0 amide bonds. The van der Waals surface area contributed by atoms with Crippen molar-refractivity contribution in [1.29, 1.82) is 0 Å². The number of rotatable bonds is 2. The minimum Gasteiger partial charge on any atom is -0.301 e. The van der Waals surface area contributed by atoms with Gasteiger partial charge in [-0.3, -0.25) is 9.78 Å². The molecule has 3 nitrogen and oxygen atoms in total. The molecule has 1 rings (SSSR count). The van der Waals surface area contributed by atoms with Crippen molar-refractivity contribution in [2.75, 3.05) is 6.26 Å². The van der Waals surface area contributed by atoms with E-state index < -0.39 is 0 Å². The molecule has 60 valence electrons. The quantitative estimate of drug-likeness (QED) is 0.621. The van der Waals surface area contributed by atoms with E-state index in [1.807, 2.05) is 13.2 Å². The molecule has 1 aromatic heterocycles. The number of nitrogens with zero attached hydrogens (tertiary/aromatic N) is 2. The first-order valence-electron chi connectivity index (χ1n) is 3.38. The maximum atomic E-state index is 11.1. The van der Waals surface area contributed by atoms with Gasteiger partial charge in [-0.25, -0.2) is 0 Å². The monoisotopic (exact) mass is 170 g/mol. The first-order chi connectivity index (χ1) is 5.29. The van der Waals surface area contributed by atoms with E-state index >= 15 is 0 Å². The van der Waals surface area contributed by atoms with Gasteiger partial charge in [0.05, 0.1) is 17.4 Å². The van der Waals surface area contributed by atoms with Gasteiger partial charge in [-0.15, -0.1) is 11.8 Å². The van der Waals surface area contributed by atoms with Crippen molar-refractivity contribution in [2.24, 2.45) is 0 Å². The zero-order valence-electron chi connectivity index (χ0n) is 6.57. The topological polar surface area (TPSA) is 34.9 Å². The summed E-state index contributed by atoms with van der Waals surface area (Å²) in [7, 11) is 0. The fourth-order valence-corrected chi connectivity index (χ4v) is 1.49. The number of thioether (sulfide) groups is 1. The second kappa shape index (κ2) is 3.57. The van der Waals surface area contributed by atoms with E-state index in [2.05, 4.69) is 4.98 Å². The van der Waals surface area contributed by atoms with E-state index in [-0.39, 0.29) is 5.56 Å². The minimum atomic E-state index is -0.0284. The van der Waals surface area contributed by atoms with Crippen LogP contribution in [-0.4, -0.2) is 15.8 Å². The Morgan fingerprint density at radius 1 is 1.64 bits per heavy atom. The predicted molar refractivity (Wildman–Crippen MR) is 46.0 cm³/mol. The molecule has 0 atom stereocenters. The summed E-state index contributed by atoms with van der Waals surface area (Å²) in [5, 5.41) is 0.917. The Hall–Kier alpha value is -0.770. The predicted octanol–water partition coefficient (Wildman–Crippen LogP) is 0.985. The molecule has 0 radical (unpaired) electrons.